The summed E-state index contributed by atoms with van der Waals surface area (Å²) in [4.78, 5) is 24.1. The molecule has 100 valence electrons. The van der Waals surface area contributed by atoms with Crippen LogP contribution >= 0.6 is 11.3 Å². The van der Waals surface area contributed by atoms with Gasteiger partial charge in [-0.3, -0.25) is 4.79 Å². The molecule has 0 unspecified atom stereocenters. The maximum absolute atomic E-state index is 11.7. The number of amides is 1. The molecule has 0 aliphatic heterocycles. The minimum atomic E-state index is -0.273. The highest BCUT2D eigenvalue weighted by Gasteiger charge is 2.10. The third kappa shape index (κ3) is 5.31. The first-order valence-corrected chi connectivity index (χ1v) is 6.95. The van der Waals surface area contributed by atoms with Gasteiger partial charge in [-0.15, -0.1) is 11.3 Å². The van der Waals surface area contributed by atoms with E-state index >= 15 is 0 Å². The fourth-order valence-electron chi connectivity index (χ4n) is 1.44. The fraction of sp³-hybridized carbons (Fsp3) is 0.538. The summed E-state index contributed by atoms with van der Waals surface area (Å²) in [5, 5.41) is 2.65. The Morgan fingerprint density at radius 2 is 2.17 bits per heavy atom. The second-order valence-corrected chi connectivity index (χ2v) is 5.16. The summed E-state index contributed by atoms with van der Waals surface area (Å²) in [6.45, 7) is 4.45. The van der Waals surface area contributed by atoms with Crippen molar-refractivity contribution in [3.63, 3.8) is 0 Å². The summed E-state index contributed by atoms with van der Waals surface area (Å²) < 4.78 is 5.12. The molecule has 4 nitrogen and oxygen atoms in total. The van der Waals surface area contributed by atoms with Crippen molar-refractivity contribution in [3.8, 4) is 0 Å². The van der Waals surface area contributed by atoms with E-state index in [1.807, 2.05) is 12.1 Å². The molecule has 0 aliphatic rings. The van der Waals surface area contributed by atoms with E-state index in [0.29, 0.717) is 24.4 Å². The van der Waals surface area contributed by atoms with Gasteiger partial charge in [-0.2, -0.15) is 0 Å². The molecule has 1 heterocycles. The van der Waals surface area contributed by atoms with E-state index in [9.17, 15) is 9.59 Å². The van der Waals surface area contributed by atoms with Crippen LogP contribution in [0.3, 0.4) is 0 Å². The summed E-state index contributed by atoms with van der Waals surface area (Å²) in [5.41, 5.74) is 0. The van der Waals surface area contributed by atoms with Crippen molar-refractivity contribution in [2.45, 2.75) is 33.1 Å². The number of carbonyl (C=O) groups excluding carboxylic acids is 2. The van der Waals surface area contributed by atoms with Gasteiger partial charge in [-0.1, -0.05) is 13.3 Å². The van der Waals surface area contributed by atoms with Gasteiger partial charge in [0.25, 0.3) is 0 Å². The summed E-state index contributed by atoms with van der Waals surface area (Å²) in [6, 6.07) is 3.79. The Labute approximate surface area is 111 Å². The van der Waals surface area contributed by atoms with Crippen LogP contribution in [0.5, 0.6) is 0 Å². The molecular weight excluding hydrogens is 250 g/mol. The Bertz CT molecular complexity index is 401. The van der Waals surface area contributed by atoms with E-state index in [4.69, 9.17) is 4.74 Å². The molecule has 0 fully saturated rings. The van der Waals surface area contributed by atoms with Gasteiger partial charge in [-0.25, -0.2) is 4.79 Å². The molecule has 0 bridgehead atoms. The molecule has 1 aromatic heterocycles. The second-order valence-electron chi connectivity index (χ2n) is 3.99. The van der Waals surface area contributed by atoms with E-state index in [-0.39, 0.29) is 11.9 Å². The lowest BCUT2D eigenvalue weighted by molar-refractivity contribution is -0.118. The van der Waals surface area contributed by atoms with E-state index in [1.54, 1.807) is 0 Å². The summed E-state index contributed by atoms with van der Waals surface area (Å²) >= 11 is 1.49. The van der Waals surface area contributed by atoms with Crippen LogP contribution in [0, 0.1) is 0 Å². The van der Waals surface area contributed by atoms with Crippen LogP contribution in [0.25, 0.3) is 0 Å². The summed E-state index contributed by atoms with van der Waals surface area (Å²) in [7, 11) is 0. The van der Waals surface area contributed by atoms with Crippen molar-refractivity contribution < 1.29 is 14.3 Å². The molecule has 1 rings (SSSR count). The van der Waals surface area contributed by atoms with Crippen molar-refractivity contribution in [2.24, 2.45) is 0 Å². The van der Waals surface area contributed by atoms with Crippen molar-refractivity contribution in [1.29, 1.82) is 0 Å². The quantitative estimate of drug-likeness (QED) is 0.611. The molecule has 0 aliphatic carbocycles. The minimum Gasteiger partial charge on any atom is -0.461 e. The van der Waals surface area contributed by atoms with Crippen molar-refractivity contribution in [2.75, 3.05) is 13.2 Å². The zero-order valence-corrected chi connectivity index (χ0v) is 11.6. The lowest BCUT2D eigenvalue weighted by Crippen LogP contribution is -2.22. The molecule has 0 spiro atoms. The minimum absolute atomic E-state index is 0.0659. The lowest BCUT2D eigenvalue weighted by atomic mass is 10.3. The Morgan fingerprint density at radius 1 is 1.39 bits per heavy atom. The number of nitrogens with one attached hydrogen (secondary N) is 1. The number of aryl methyl sites for hydroxylation is 1. The predicted octanol–water partition coefficient (Wildman–Crippen LogP) is 2.38. The van der Waals surface area contributed by atoms with Gasteiger partial charge in [-0.05, 0) is 25.0 Å². The highest BCUT2D eigenvalue weighted by molar-refractivity contribution is 7.13. The standard InChI is InChI=1S/C13H19NO3S/c1-3-5-11-6-7-12(18-11)13(16)17-9-4-8-14-10(2)15/h6-7H,3-5,8-9H2,1-2H3,(H,14,15). The van der Waals surface area contributed by atoms with Gasteiger partial charge in [0.05, 0.1) is 6.61 Å². The van der Waals surface area contributed by atoms with E-state index < -0.39 is 0 Å². The molecule has 0 aromatic carbocycles. The van der Waals surface area contributed by atoms with Crippen LogP contribution in [0.2, 0.25) is 0 Å². The molecule has 0 saturated carbocycles. The maximum atomic E-state index is 11.7. The fourth-order valence-corrected chi connectivity index (χ4v) is 2.44. The van der Waals surface area contributed by atoms with Gasteiger partial charge in [0, 0.05) is 18.3 Å². The molecule has 0 saturated heterocycles. The Balaban J connectivity index is 2.25. The van der Waals surface area contributed by atoms with Crippen molar-refractivity contribution >= 4 is 23.2 Å². The molecular formula is C13H19NO3S. The number of hydrogen-bond acceptors (Lipinski definition) is 4. The molecule has 1 N–H and O–H groups in total. The largest absolute Gasteiger partial charge is 0.461 e. The van der Waals surface area contributed by atoms with Gasteiger partial charge in [0.1, 0.15) is 4.88 Å². The van der Waals surface area contributed by atoms with E-state index in [0.717, 1.165) is 12.8 Å². The van der Waals surface area contributed by atoms with Crippen molar-refractivity contribution in [1.82, 2.24) is 5.32 Å². The van der Waals surface area contributed by atoms with Crippen molar-refractivity contribution in [3.05, 3.63) is 21.9 Å². The van der Waals surface area contributed by atoms with Gasteiger partial charge < -0.3 is 10.1 Å². The summed E-state index contributed by atoms with van der Waals surface area (Å²) in [5.74, 6) is -0.339. The van der Waals surface area contributed by atoms with Crippen LogP contribution in [0.1, 0.15) is 41.2 Å². The number of hydrogen-bond donors (Lipinski definition) is 1. The topological polar surface area (TPSA) is 55.4 Å². The Morgan fingerprint density at radius 3 is 2.83 bits per heavy atom. The molecule has 1 amide bonds. The molecule has 0 radical (unpaired) electrons. The number of ether oxygens (including phenoxy) is 1. The molecule has 5 heteroatoms. The maximum Gasteiger partial charge on any atom is 0.348 e. The zero-order chi connectivity index (χ0) is 13.4. The molecule has 18 heavy (non-hydrogen) atoms. The van der Waals surface area contributed by atoms with Crippen LogP contribution in [-0.2, 0) is 16.0 Å². The van der Waals surface area contributed by atoms with Gasteiger partial charge in [0.15, 0.2) is 0 Å². The van der Waals surface area contributed by atoms with Gasteiger partial charge in [0.2, 0.25) is 5.91 Å². The summed E-state index contributed by atoms with van der Waals surface area (Å²) in [6.07, 6.45) is 2.71. The highest BCUT2D eigenvalue weighted by Crippen LogP contribution is 2.18. The third-order valence-electron chi connectivity index (χ3n) is 2.29. The lowest BCUT2D eigenvalue weighted by Gasteiger charge is -2.03. The van der Waals surface area contributed by atoms with E-state index in [1.165, 1.54) is 23.1 Å². The van der Waals surface area contributed by atoms with Crippen LogP contribution in [0.4, 0.5) is 0 Å². The number of carbonyl (C=O) groups is 2. The van der Waals surface area contributed by atoms with Crippen LogP contribution < -0.4 is 5.32 Å². The first-order chi connectivity index (χ1) is 8.63. The predicted molar refractivity (Wildman–Crippen MR) is 71.9 cm³/mol. The monoisotopic (exact) mass is 269 g/mol. The van der Waals surface area contributed by atoms with E-state index in [2.05, 4.69) is 12.2 Å². The second kappa shape index (κ2) is 7.87. The number of rotatable bonds is 7. The Hall–Kier alpha value is -1.36. The zero-order valence-electron chi connectivity index (χ0n) is 10.8. The average Bonchev–Trinajstić information content (AvgIpc) is 2.77. The van der Waals surface area contributed by atoms with Gasteiger partial charge >= 0.3 is 5.97 Å². The Kier molecular flexibility index (Phi) is 6.43. The molecule has 0 atom stereocenters. The SMILES string of the molecule is CCCc1ccc(C(=O)OCCCNC(C)=O)s1. The number of esters is 1. The number of thiophene rings is 1. The normalized spacial score (nSPS) is 10.1. The smallest absolute Gasteiger partial charge is 0.348 e. The first-order valence-electron chi connectivity index (χ1n) is 6.13. The molecule has 1 aromatic rings. The highest BCUT2D eigenvalue weighted by atomic mass is 32.1. The first kappa shape index (κ1) is 14.7. The third-order valence-corrected chi connectivity index (χ3v) is 3.41. The van der Waals surface area contributed by atoms with Crippen LogP contribution in [0.15, 0.2) is 12.1 Å². The average molecular weight is 269 g/mol. The van der Waals surface area contributed by atoms with Crippen LogP contribution in [-0.4, -0.2) is 25.0 Å².